The minimum atomic E-state index is -0.906. The summed E-state index contributed by atoms with van der Waals surface area (Å²) in [6, 6.07) is 3.80. The van der Waals surface area contributed by atoms with Crippen LogP contribution in [0.5, 0.6) is 0 Å². The molecule has 3 unspecified atom stereocenters. The van der Waals surface area contributed by atoms with Gasteiger partial charge < -0.3 is 9.52 Å². The van der Waals surface area contributed by atoms with Crippen LogP contribution >= 0.6 is 12.6 Å². The van der Waals surface area contributed by atoms with Crippen LogP contribution in [-0.4, -0.2) is 16.3 Å². The molecule has 0 bridgehead atoms. The van der Waals surface area contributed by atoms with Gasteiger partial charge in [0.05, 0.1) is 0 Å². The van der Waals surface area contributed by atoms with Crippen LogP contribution in [0.15, 0.2) is 16.5 Å². The Labute approximate surface area is 93.9 Å². The third kappa shape index (κ3) is 2.37. The molecule has 0 aliphatic heterocycles. The highest BCUT2D eigenvalue weighted by Crippen LogP contribution is 2.47. The molecule has 1 saturated carbocycles. The summed E-state index contributed by atoms with van der Waals surface area (Å²) in [6.45, 7) is 2.19. The van der Waals surface area contributed by atoms with E-state index in [-0.39, 0.29) is 0 Å². The van der Waals surface area contributed by atoms with Crippen molar-refractivity contribution in [2.24, 2.45) is 5.92 Å². The number of carboxylic acids is 1. The van der Waals surface area contributed by atoms with E-state index >= 15 is 0 Å². The van der Waals surface area contributed by atoms with Crippen molar-refractivity contribution in [1.29, 1.82) is 0 Å². The smallest absolute Gasteiger partial charge is 0.316 e. The molecule has 15 heavy (non-hydrogen) atoms. The molecule has 82 valence electrons. The average Bonchev–Trinajstić information content (AvgIpc) is 2.73. The van der Waals surface area contributed by atoms with Crippen molar-refractivity contribution in [1.82, 2.24) is 0 Å². The van der Waals surface area contributed by atoms with Gasteiger partial charge in [-0.15, -0.1) is 0 Å². The Balaban J connectivity index is 1.98. The highest BCUT2D eigenvalue weighted by atomic mass is 32.1. The molecule has 1 aromatic rings. The molecular weight excluding hydrogens is 212 g/mol. The lowest BCUT2D eigenvalue weighted by molar-refractivity contribution is -0.136. The van der Waals surface area contributed by atoms with E-state index in [2.05, 4.69) is 19.6 Å². The Hall–Kier alpha value is -0.900. The second-order valence-electron chi connectivity index (χ2n) is 4.18. The second kappa shape index (κ2) is 3.93. The molecule has 1 aliphatic carbocycles. The number of aliphatic carboxylic acids is 1. The van der Waals surface area contributed by atoms with Crippen LogP contribution in [0.4, 0.5) is 0 Å². The van der Waals surface area contributed by atoms with Crippen molar-refractivity contribution in [2.75, 3.05) is 0 Å². The van der Waals surface area contributed by atoms with E-state index in [0.29, 0.717) is 24.0 Å². The average molecular weight is 226 g/mol. The van der Waals surface area contributed by atoms with Crippen LogP contribution in [0, 0.1) is 5.92 Å². The topological polar surface area (TPSA) is 50.4 Å². The lowest BCUT2D eigenvalue weighted by Gasteiger charge is -2.01. The Morgan fingerprint density at radius 2 is 2.40 bits per heavy atom. The lowest BCUT2D eigenvalue weighted by atomic mass is 10.2. The van der Waals surface area contributed by atoms with Crippen LogP contribution in [0.25, 0.3) is 0 Å². The van der Waals surface area contributed by atoms with E-state index in [9.17, 15) is 4.79 Å². The molecule has 1 N–H and O–H groups in total. The van der Waals surface area contributed by atoms with Gasteiger partial charge in [0, 0.05) is 12.3 Å². The summed E-state index contributed by atoms with van der Waals surface area (Å²) in [5.41, 5.74) is 0. The fraction of sp³-hybridized carbons (Fsp3) is 0.545. The molecule has 3 atom stereocenters. The van der Waals surface area contributed by atoms with Crippen LogP contribution in [-0.2, 0) is 11.2 Å². The lowest BCUT2D eigenvalue weighted by Crippen LogP contribution is -2.15. The van der Waals surface area contributed by atoms with Gasteiger partial charge in [-0.3, -0.25) is 4.79 Å². The third-order valence-electron chi connectivity index (χ3n) is 2.84. The van der Waals surface area contributed by atoms with E-state index in [1.165, 1.54) is 6.42 Å². The van der Waals surface area contributed by atoms with Crippen molar-refractivity contribution < 1.29 is 14.3 Å². The maximum absolute atomic E-state index is 10.6. The molecule has 1 aromatic heterocycles. The normalized spacial score (nSPS) is 26.3. The molecule has 0 aromatic carbocycles. The zero-order chi connectivity index (χ0) is 11.0. The molecule has 1 fully saturated rings. The van der Waals surface area contributed by atoms with Gasteiger partial charge in [0.2, 0.25) is 0 Å². The van der Waals surface area contributed by atoms with Gasteiger partial charge in [-0.2, -0.15) is 12.6 Å². The van der Waals surface area contributed by atoms with Crippen LogP contribution in [0.1, 0.15) is 30.8 Å². The first-order valence-electron chi connectivity index (χ1n) is 5.07. The molecule has 4 heteroatoms. The molecule has 3 nitrogen and oxygen atoms in total. The van der Waals surface area contributed by atoms with Crippen LogP contribution in [0.3, 0.4) is 0 Å². The standard InChI is InChI=1S/C11H14O3S/c1-6-4-8(6)9-3-2-7(14-9)5-10(15)11(12)13/h2-3,6,8,10,15H,4-5H2,1H3,(H,12,13). The number of hydrogen-bond acceptors (Lipinski definition) is 3. The number of rotatable bonds is 4. The fourth-order valence-electron chi connectivity index (χ4n) is 1.70. The highest BCUT2D eigenvalue weighted by molar-refractivity contribution is 7.81. The first-order valence-corrected chi connectivity index (χ1v) is 5.59. The largest absolute Gasteiger partial charge is 0.480 e. The molecule has 0 radical (unpaired) electrons. The van der Waals surface area contributed by atoms with E-state index in [1.54, 1.807) is 0 Å². The number of furan rings is 1. The van der Waals surface area contributed by atoms with Crippen molar-refractivity contribution in [3.63, 3.8) is 0 Å². The SMILES string of the molecule is CC1CC1c1ccc(CC(S)C(=O)O)o1. The third-order valence-corrected chi connectivity index (χ3v) is 3.24. The van der Waals surface area contributed by atoms with E-state index in [1.807, 2.05) is 12.1 Å². The Morgan fingerprint density at radius 3 is 2.93 bits per heavy atom. The summed E-state index contributed by atoms with van der Waals surface area (Å²) in [6.07, 6.45) is 1.52. The van der Waals surface area contributed by atoms with Crippen molar-refractivity contribution in [3.8, 4) is 0 Å². The first kappa shape index (κ1) is 10.6. The molecular formula is C11H14O3S. The maximum atomic E-state index is 10.6. The van der Waals surface area contributed by atoms with E-state index in [0.717, 1.165) is 5.76 Å². The summed E-state index contributed by atoms with van der Waals surface area (Å²) < 4.78 is 5.59. The molecule has 0 saturated heterocycles. The van der Waals surface area contributed by atoms with Gasteiger partial charge >= 0.3 is 5.97 Å². The molecule has 0 amide bonds. The molecule has 0 spiro atoms. The van der Waals surface area contributed by atoms with Crippen molar-refractivity contribution in [3.05, 3.63) is 23.7 Å². The monoisotopic (exact) mass is 226 g/mol. The predicted molar refractivity (Wildman–Crippen MR) is 59.3 cm³/mol. The minimum Gasteiger partial charge on any atom is -0.480 e. The zero-order valence-corrected chi connectivity index (χ0v) is 9.41. The fourth-order valence-corrected chi connectivity index (χ4v) is 1.88. The molecule has 2 rings (SSSR count). The Morgan fingerprint density at radius 1 is 1.73 bits per heavy atom. The number of carboxylic acid groups (broad SMARTS) is 1. The highest BCUT2D eigenvalue weighted by Gasteiger charge is 2.36. The van der Waals surface area contributed by atoms with Gasteiger partial charge in [-0.1, -0.05) is 6.92 Å². The summed E-state index contributed by atoms with van der Waals surface area (Å²) in [5, 5.41) is 8.02. The Bertz CT molecular complexity index is 372. The summed E-state index contributed by atoms with van der Waals surface area (Å²) in [5.74, 6) is 2.04. The quantitative estimate of drug-likeness (QED) is 0.775. The summed E-state index contributed by atoms with van der Waals surface area (Å²) in [4.78, 5) is 10.6. The van der Waals surface area contributed by atoms with Gasteiger partial charge in [-0.25, -0.2) is 0 Å². The zero-order valence-electron chi connectivity index (χ0n) is 8.51. The molecule has 1 aliphatic rings. The summed E-state index contributed by atoms with van der Waals surface area (Å²) >= 11 is 3.97. The second-order valence-corrected chi connectivity index (χ2v) is 4.81. The van der Waals surface area contributed by atoms with Crippen LogP contribution in [0.2, 0.25) is 0 Å². The number of thiol groups is 1. The van der Waals surface area contributed by atoms with Gasteiger partial charge in [-0.05, 0) is 24.5 Å². The van der Waals surface area contributed by atoms with Gasteiger partial charge in [0.1, 0.15) is 16.8 Å². The first-order chi connectivity index (χ1) is 7.08. The van der Waals surface area contributed by atoms with Crippen molar-refractivity contribution in [2.45, 2.75) is 30.9 Å². The van der Waals surface area contributed by atoms with E-state index < -0.39 is 11.2 Å². The predicted octanol–water partition coefficient (Wildman–Crippen LogP) is 2.33. The Kier molecular flexibility index (Phi) is 2.78. The van der Waals surface area contributed by atoms with Crippen LogP contribution < -0.4 is 0 Å². The van der Waals surface area contributed by atoms with Gasteiger partial charge in [0.15, 0.2) is 0 Å². The minimum absolute atomic E-state index is 0.347. The van der Waals surface area contributed by atoms with E-state index in [4.69, 9.17) is 9.52 Å². The number of hydrogen-bond donors (Lipinski definition) is 2. The summed E-state index contributed by atoms with van der Waals surface area (Å²) in [7, 11) is 0. The maximum Gasteiger partial charge on any atom is 0.316 e. The molecule has 1 heterocycles. The van der Waals surface area contributed by atoms with Gasteiger partial charge in [0.25, 0.3) is 0 Å². The number of carbonyl (C=O) groups is 1. The van der Waals surface area contributed by atoms with Crippen molar-refractivity contribution >= 4 is 18.6 Å².